The Morgan fingerprint density at radius 1 is 1.36 bits per heavy atom. The lowest BCUT2D eigenvalue weighted by molar-refractivity contribution is 0.426. The summed E-state index contributed by atoms with van der Waals surface area (Å²) in [5.41, 5.74) is 0.165. The van der Waals surface area contributed by atoms with E-state index in [1.807, 2.05) is 0 Å². The van der Waals surface area contributed by atoms with Gasteiger partial charge in [-0.25, -0.2) is 0 Å². The van der Waals surface area contributed by atoms with Crippen molar-refractivity contribution in [3.8, 4) is 0 Å². The van der Waals surface area contributed by atoms with Crippen LogP contribution in [0.3, 0.4) is 0 Å². The second-order valence-corrected chi connectivity index (χ2v) is 4.21. The zero-order valence-corrected chi connectivity index (χ0v) is 8.44. The lowest BCUT2D eigenvalue weighted by Crippen LogP contribution is -2.30. The van der Waals surface area contributed by atoms with Crippen molar-refractivity contribution in [1.29, 1.82) is 0 Å². The van der Waals surface area contributed by atoms with Crippen LogP contribution >= 0.6 is 22.9 Å². The molecule has 0 unspecified atom stereocenters. The summed E-state index contributed by atoms with van der Waals surface area (Å²) in [4.78, 5) is 0. The van der Waals surface area contributed by atoms with Crippen molar-refractivity contribution in [3.63, 3.8) is 0 Å². The van der Waals surface area contributed by atoms with Crippen LogP contribution in [0.1, 0.15) is 0 Å². The fourth-order valence-corrected chi connectivity index (χ4v) is 2.57. The number of rotatable bonds is 1. The van der Waals surface area contributed by atoms with Crippen molar-refractivity contribution in [1.82, 2.24) is 0 Å². The molecule has 0 saturated carbocycles. The summed E-state index contributed by atoms with van der Waals surface area (Å²) >= 11 is 6.62. The first kappa shape index (κ1) is 9.92. The second kappa shape index (κ2) is 3.51. The van der Waals surface area contributed by atoms with Gasteiger partial charge in [0.2, 0.25) is 0 Å². The van der Waals surface area contributed by atoms with Gasteiger partial charge in [0, 0.05) is 15.2 Å². The van der Waals surface area contributed by atoms with Gasteiger partial charge in [0.15, 0.2) is 5.13 Å². The highest BCUT2D eigenvalue weighted by molar-refractivity contribution is 7.19. The highest BCUT2D eigenvalue weighted by Gasteiger charge is 2.20. The molecule has 72 valence electrons. The Kier molecular flexibility index (Phi) is 2.49. The van der Waals surface area contributed by atoms with E-state index in [1.165, 1.54) is 12.1 Å². The van der Waals surface area contributed by atoms with E-state index in [2.05, 4.69) is 0 Å². The van der Waals surface area contributed by atoms with Gasteiger partial charge in [-0.1, -0.05) is 17.7 Å². The molecule has 0 bridgehead atoms. The molecule has 0 aliphatic heterocycles. The molecule has 0 fully saturated rings. The minimum absolute atomic E-state index is 0.165. The Labute approximate surface area is 88.7 Å². The van der Waals surface area contributed by atoms with E-state index >= 15 is 0 Å². The van der Waals surface area contributed by atoms with Crippen LogP contribution in [0.2, 0.25) is 5.02 Å². The molecule has 0 aliphatic rings. The number of hydrogen-bond donors (Lipinski definition) is 2. The standard InChI is InChI=1S/C8H5BClFO2S/c10-5-2-1-4-3-6(11)14-8(4)7(5)9(12)13/h1-3,12-13H. The van der Waals surface area contributed by atoms with Crippen LogP contribution in [0.25, 0.3) is 10.1 Å². The van der Waals surface area contributed by atoms with Gasteiger partial charge < -0.3 is 10.0 Å². The molecule has 0 atom stereocenters. The van der Waals surface area contributed by atoms with Gasteiger partial charge in [-0.05, 0) is 17.5 Å². The third-order valence-corrected chi connectivity index (χ3v) is 3.20. The van der Waals surface area contributed by atoms with Crippen molar-refractivity contribution in [2.75, 3.05) is 0 Å². The van der Waals surface area contributed by atoms with Crippen molar-refractivity contribution in [2.24, 2.45) is 0 Å². The van der Waals surface area contributed by atoms with Gasteiger partial charge in [0.25, 0.3) is 0 Å². The maximum atomic E-state index is 12.9. The summed E-state index contributed by atoms with van der Waals surface area (Å²) in [7, 11) is -1.68. The minimum atomic E-state index is -1.68. The first-order chi connectivity index (χ1) is 6.59. The third kappa shape index (κ3) is 1.52. The number of hydrogen-bond acceptors (Lipinski definition) is 3. The molecule has 2 nitrogen and oxygen atoms in total. The summed E-state index contributed by atoms with van der Waals surface area (Å²) in [5, 5.41) is 18.6. The Bertz CT molecular complexity index is 485. The van der Waals surface area contributed by atoms with Gasteiger partial charge in [0.05, 0.1) is 0 Å². The van der Waals surface area contributed by atoms with Crippen molar-refractivity contribution >= 4 is 45.6 Å². The van der Waals surface area contributed by atoms with Gasteiger partial charge in [-0.3, -0.25) is 0 Å². The van der Waals surface area contributed by atoms with Crippen LogP contribution in [0.15, 0.2) is 18.2 Å². The second-order valence-electron chi connectivity index (χ2n) is 2.80. The Hall–Kier alpha value is -0.615. The largest absolute Gasteiger partial charge is 0.491 e. The summed E-state index contributed by atoms with van der Waals surface area (Å²) in [6, 6.07) is 4.50. The predicted octanol–water partition coefficient (Wildman–Crippen LogP) is 1.37. The molecule has 2 N–H and O–H groups in total. The van der Waals surface area contributed by atoms with Gasteiger partial charge in [-0.15, -0.1) is 11.3 Å². The molecule has 0 amide bonds. The first-order valence-corrected chi connectivity index (χ1v) is 5.02. The average Bonchev–Trinajstić information content (AvgIpc) is 2.43. The molecule has 1 heterocycles. The number of halogens is 2. The van der Waals surface area contributed by atoms with Gasteiger partial charge in [-0.2, -0.15) is 4.39 Å². The van der Waals surface area contributed by atoms with Crippen LogP contribution in [-0.2, 0) is 0 Å². The normalized spacial score (nSPS) is 10.9. The zero-order chi connectivity index (χ0) is 10.3. The molecule has 0 spiro atoms. The van der Waals surface area contributed by atoms with E-state index in [9.17, 15) is 4.39 Å². The minimum Gasteiger partial charge on any atom is -0.423 e. The highest BCUT2D eigenvalue weighted by atomic mass is 35.5. The van der Waals surface area contributed by atoms with Crippen LogP contribution < -0.4 is 5.46 Å². The molecule has 0 aliphatic carbocycles. The van der Waals surface area contributed by atoms with E-state index in [-0.39, 0.29) is 15.6 Å². The topological polar surface area (TPSA) is 40.5 Å². The maximum absolute atomic E-state index is 12.9. The SMILES string of the molecule is OB(O)c1c(Cl)ccc2cc(F)sc12. The Morgan fingerprint density at radius 2 is 2.07 bits per heavy atom. The Morgan fingerprint density at radius 3 is 2.71 bits per heavy atom. The van der Waals surface area contributed by atoms with Gasteiger partial charge >= 0.3 is 7.12 Å². The quantitative estimate of drug-likeness (QED) is 0.727. The molecule has 2 rings (SSSR count). The Balaban J connectivity index is 2.82. The van der Waals surface area contributed by atoms with E-state index in [1.54, 1.807) is 6.07 Å². The number of fused-ring (bicyclic) bond motifs is 1. The zero-order valence-electron chi connectivity index (χ0n) is 6.87. The summed E-state index contributed by atoms with van der Waals surface area (Å²) < 4.78 is 13.4. The highest BCUT2D eigenvalue weighted by Crippen LogP contribution is 2.25. The fraction of sp³-hybridized carbons (Fsp3) is 0. The molecule has 6 heteroatoms. The predicted molar refractivity (Wildman–Crippen MR) is 56.6 cm³/mol. The van der Waals surface area contributed by atoms with E-state index in [4.69, 9.17) is 21.6 Å². The molecule has 1 aromatic heterocycles. The van der Waals surface area contributed by atoms with Gasteiger partial charge in [0.1, 0.15) is 0 Å². The van der Waals surface area contributed by atoms with E-state index in [0.717, 1.165) is 11.3 Å². The van der Waals surface area contributed by atoms with E-state index in [0.29, 0.717) is 10.1 Å². The van der Waals surface area contributed by atoms with Crippen LogP contribution in [0, 0.1) is 5.13 Å². The van der Waals surface area contributed by atoms with Crippen molar-refractivity contribution < 1.29 is 14.4 Å². The monoisotopic (exact) mass is 230 g/mol. The van der Waals surface area contributed by atoms with Crippen LogP contribution in [0.4, 0.5) is 4.39 Å². The molecule has 0 radical (unpaired) electrons. The van der Waals surface area contributed by atoms with Crippen LogP contribution in [0.5, 0.6) is 0 Å². The number of thiophene rings is 1. The fourth-order valence-electron chi connectivity index (χ4n) is 1.31. The molecule has 0 saturated heterocycles. The van der Waals surface area contributed by atoms with Crippen molar-refractivity contribution in [2.45, 2.75) is 0 Å². The van der Waals surface area contributed by atoms with Crippen molar-refractivity contribution in [3.05, 3.63) is 28.4 Å². The summed E-state index contributed by atoms with van der Waals surface area (Å²) in [6.07, 6.45) is 0. The average molecular weight is 230 g/mol. The molecular weight excluding hydrogens is 225 g/mol. The smallest absolute Gasteiger partial charge is 0.423 e. The summed E-state index contributed by atoms with van der Waals surface area (Å²) in [5.74, 6) is 0. The molecular formula is C8H5BClFO2S. The lowest BCUT2D eigenvalue weighted by atomic mass is 9.80. The molecule has 1 aromatic carbocycles. The molecule has 14 heavy (non-hydrogen) atoms. The number of benzene rings is 1. The third-order valence-electron chi connectivity index (χ3n) is 1.90. The molecule has 2 aromatic rings. The van der Waals surface area contributed by atoms with Crippen LogP contribution in [-0.4, -0.2) is 17.2 Å². The lowest BCUT2D eigenvalue weighted by Gasteiger charge is -2.03. The summed E-state index contributed by atoms with van der Waals surface area (Å²) in [6.45, 7) is 0. The maximum Gasteiger partial charge on any atom is 0.491 e. The van der Waals surface area contributed by atoms with E-state index < -0.39 is 7.12 Å². The first-order valence-electron chi connectivity index (χ1n) is 3.83.